The molecule has 1 aromatic carbocycles. The molecule has 0 aliphatic carbocycles. The number of hydrogen-bond donors (Lipinski definition) is 1. The van der Waals surface area contributed by atoms with E-state index in [1.165, 1.54) is 12.4 Å². The van der Waals surface area contributed by atoms with Crippen LogP contribution in [0.5, 0.6) is 0 Å². The summed E-state index contributed by atoms with van der Waals surface area (Å²) in [7, 11) is 0. The van der Waals surface area contributed by atoms with Crippen LogP contribution in [0.3, 0.4) is 0 Å². The first-order chi connectivity index (χ1) is 8.33. The Labute approximate surface area is 96.6 Å². The predicted molar refractivity (Wildman–Crippen MR) is 60.9 cm³/mol. The summed E-state index contributed by atoms with van der Waals surface area (Å²) in [5.41, 5.74) is 1.98. The number of fused-ring (bicyclic) bond motifs is 1. The van der Waals surface area contributed by atoms with Crippen molar-refractivity contribution < 1.29 is 4.39 Å². The van der Waals surface area contributed by atoms with E-state index in [9.17, 15) is 4.39 Å². The molecule has 17 heavy (non-hydrogen) atoms. The van der Waals surface area contributed by atoms with E-state index in [4.69, 9.17) is 0 Å². The molecule has 0 aliphatic rings. The minimum absolute atomic E-state index is 0.223. The second-order valence-corrected chi connectivity index (χ2v) is 3.71. The number of nitrogens with one attached hydrogen (secondary N) is 1. The fraction of sp³-hybridized carbons (Fsp3) is 0.0833. The Kier molecular flexibility index (Phi) is 2.29. The molecule has 3 aromatic rings. The molecule has 0 unspecified atom stereocenters. The van der Waals surface area contributed by atoms with E-state index in [0.717, 1.165) is 0 Å². The molecule has 4 nitrogen and oxygen atoms in total. The van der Waals surface area contributed by atoms with Crippen LogP contribution in [0.25, 0.3) is 11.2 Å². The number of hydrogen-bond acceptors (Lipinski definition) is 3. The quantitative estimate of drug-likeness (QED) is 0.730. The molecule has 0 atom stereocenters. The van der Waals surface area contributed by atoms with E-state index in [1.807, 2.05) is 0 Å². The molecule has 0 radical (unpaired) electrons. The van der Waals surface area contributed by atoms with E-state index in [2.05, 4.69) is 19.9 Å². The second kappa shape index (κ2) is 3.93. The van der Waals surface area contributed by atoms with Gasteiger partial charge in [0.05, 0.1) is 6.20 Å². The van der Waals surface area contributed by atoms with Gasteiger partial charge in [-0.05, 0) is 11.6 Å². The van der Waals surface area contributed by atoms with Gasteiger partial charge >= 0.3 is 0 Å². The Morgan fingerprint density at radius 2 is 2.12 bits per heavy atom. The average Bonchev–Trinajstić information content (AvgIpc) is 2.74. The predicted octanol–water partition coefficient (Wildman–Crippen LogP) is 2.08. The number of halogens is 1. The van der Waals surface area contributed by atoms with Crippen molar-refractivity contribution in [3.05, 3.63) is 54.0 Å². The molecule has 0 saturated carbocycles. The summed E-state index contributed by atoms with van der Waals surface area (Å²) in [5, 5.41) is 0. The normalized spacial score (nSPS) is 10.9. The smallest absolute Gasteiger partial charge is 0.160 e. The van der Waals surface area contributed by atoms with Gasteiger partial charge in [0.1, 0.15) is 23.5 Å². The summed E-state index contributed by atoms with van der Waals surface area (Å²) in [6, 6.07) is 6.66. The third kappa shape index (κ3) is 1.87. The number of aromatic amines is 1. The van der Waals surface area contributed by atoms with E-state index in [-0.39, 0.29) is 5.82 Å². The Morgan fingerprint density at radius 1 is 1.24 bits per heavy atom. The maximum atomic E-state index is 13.5. The lowest BCUT2D eigenvalue weighted by atomic mass is 10.1. The van der Waals surface area contributed by atoms with Gasteiger partial charge in [-0.3, -0.25) is 0 Å². The first kappa shape index (κ1) is 9.89. The van der Waals surface area contributed by atoms with Crippen LogP contribution in [0.15, 0.2) is 36.8 Å². The van der Waals surface area contributed by atoms with Gasteiger partial charge in [-0.2, -0.15) is 0 Å². The van der Waals surface area contributed by atoms with Crippen molar-refractivity contribution in [1.29, 1.82) is 0 Å². The molecule has 0 spiro atoms. The SMILES string of the molecule is Fc1ccccc1Cc1nc2cncnc2[nH]1. The summed E-state index contributed by atoms with van der Waals surface area (Å²) >= 11 is 0. The summed E-state index contributed by atoms with van der Waals surface area (Å²) in [6.45, 7) is 0. The lowest BCUT2D eigenvalue weighted by Gasteiger charge is -1.99. The Balaban J connectivity index is 1.98. The van der Waals surface area contributed by atoms with Gasteiger partial charge in [0.2, 0.25) is 0 Å². The van der Waals surface area contributed by atoms with Gasteiger partial charge < -0.3 is 4.98 Å². The molecule has 2 aromatic heterocycles. The van der Waals surface area contributed by atoms with Crippen LogP contribution in [-0.4, -0.2) is 19.9 Å². The number of benzene rings is 1. The Morgan fingerprint density at radius 3 is 2.94 bits per heavy atom. The van der Waals surface area contributed by atoms with Crippen LogP contribution < -0.4 is 0 Å². The van der Waals surface area contributed by atoms with Crippen molar-refractivity contribution in [1.82, 2.24) is 19.9 Å². The standard InChI is InChI=1S/C12H9FN4/c13-9-4-2-1-3-8(9)5-11-16-10-6-14-7-15-12(10)17-11/h1-4,6-7H,5H2,(H,14,15,16,17). The Bertz CT molecular complexity index is 629. The highest BCUT2D eigenvalue weighted by molar-refractivity contribution is 5.68. The van der Waals surface area contributed by atoms with Gasteiger partial charge in [-0.25, -0.2) is 19.3 Å². The van der Waals surface area contributed by atoms with Crippen LogP contribution in [-0.2, 0) is 6.42 Å². The van der Waals surface area contributed by atoms with Crippen LogP contribution in [0.2, 0.25) is 0 Å². The fourth-order valence-corrected chi connectivity index (χ4v) is 1.72. The third-order valence-electron chi connectivity index (χ3n) is 2.53. The van der Waals surface area contributed by atoms with Crippen LogP contribution in [0.1, 0.15) is 11.4 Å². The zero-order valence-corrected chi connectivity index (χ0v) is 8.89. The molecule has 0 amide bonds. The molecule has 0 bridgehead atoms. The fourth-order valence-electron chi connectivity index (χ4n) is 1.72. The highest BCUT2D eigenvalue weighted by atomic mass is 19.1. The van der Waals surface area contributed by atoms with Crippen LogP contribution >= 0.6 is 0 Å². The Hall–Kier alpha value is -2.30. The second-order valence-electron chi connectivity index (χ2n) is 3.71. The summed E-state index contributed by atoms with van der Waals surface area (Å²) in [4.78, 5) is 15.3. The molecule has 5 heteroatoms. The molecule has 3 rings (SSSR count). The molecule has 84 valence electrons. The molecule has 0 aliphatic heterocycles. The molecular weight excluding hydrogens is 219 g/mol. The van der Waals surface area contributed by atoms with Crippen molar-refractivity contribution in [2.45, 2.75) is 6.42 Å². The minimum atomic E-state index is -0.223. The largest absolute Gasteiger partial charge is 0.326 e. The molecule has 1 N–H and O–H groups in total. The van der Waals surface area contributed by atoms with Crippen molar-refractivity contribution in [3.63, 3.8) is 0 Å². The lowest BCUT2D eigenvalue weighted by molar-refractivity contribution is 0.612. The average molecular weight is 228 g/mol. The monoisotopic (exact) mass is 228 g/mol. The number of rotatable bonds is 2. The number of aromatic nitrogens is 4. The summed E-state index contributed by atoms with van der Waals surface area (Å²) < 4.78 is 13.5. The van der Waals surface area contributed by atoms with Crippen molar-refractivity contribution in [2.75, 3.05) is 0 Å². The summed E-state index contributed by atoms with van der Waals surface area (Å²) in [6.07, 6.45) is 3.50. The maximum absolute atomic E-state index is 13.5. The van der Waals surface area contributed by atoms with Gasteiger partial charge in [0.25, 0.3) is 0 Å². The molecule has 0 saturated heterocycles. The van der Waals surface area contributed by atoms with Crippen molar-refractivity contribution >= 4 is 11.2 Å². The number of nitrogens with zero attached hydrogens (tertiary/aromatic N) is 3. The topological polar surface area (TPSA) is 54.5 Å². The van der Waals surface area contributed by atoms with Gasteiger partial charge in [0, 0.05) is 6.42 Å². The van der Waals surface area contributed by atoms with Crippen molar-refractivity contribution in [3.8, 4) is 0 Å². The van der Waals surface area contributed by atoms with Crippen LogP contribution in [0.4, 0.5) is 4.39 Å². The van der Waals surface area contributed by atoms with Gasteiger partial charge in [0.15, 0.2) is 5.65 Å². The third-order valence-corrected chi connectivity index (χ3v) is 2.53. The number of H-pyrrole nitrogens is 1. The van der Waals surface area contributed by atoms with E-state index in [0.29, 0.717) is 29.0 Å². The zero-order chi connectivity index (χ0) is 11.7. The molecular formula is C12H9FN4. The number of imidazole rings is 1. The molecule has 0 fully saturated rings. The lowest BCUT2D eigenvalue weighted by Crippen LogP contribution is -1.93. The van der Waals surface area contributed by atoms with E-state index >= 15 is 0 Å². The minimum Gasteiger partial charge on any atom is -0.326 e. The van der Waals surface area contributed by atoms with Crippen molar-refractivity contribution in [2.24, 2.45) is 0 Å². The van der Waals surface area contributed by atoms with E-state index in [1.54, 1.807) is 24.4 Å². The zero-order valence-electron chi connectivity index (χ0n) is 8.89. The first-order valence-electron chi connectivity index (χ1n) is 5.21. The van der Waals surface area contributed by atoms with Gasteiger partial charge in [-0.15, -0.1) is 0 Å². The van der Waals surface area contributed by atoms with Gasteiger partial charge in [-0.1, -0.05) is 18.2 Å². The first-order valence-corrected chi connectivity index (χ1v) is 5.21. The highest BCUT2D eigenvalue weighted by Gasteiger charge is 2.07. The van der Waals surface area contributed by atoms with E-state index < -0.39 is 0 Å². The molecule has 2 heterocycles. The van der Waals surface area contributed by atoms with Crippen LogP contribution in [0, 0.1) is 5.82 Å². The summed E-state index contributed by atoms with van der Waals surface area (Å²) in [5.74, 6) is 0.463. The highest BCUT2D eigenvalue weighted by Crippen LogP contribution is 2.13. The maximum Gasteiger partial charge on any atom is 0.160 e.